The van der Waals surface area contributed by atoms with Gasteiger partial charge in [0.25, 0.3) is 21.7 Å². The van der Waals surface area contributed by atoms with E-state index in [0.717, 1.165) is 6.20 Å². The fraction of sp³-hybridized carbons (Fsp3) is 0.643. The summed E-state index contributed by atoms with van der Waals surface area (Å²) in [6, 6.07) is -0.466. The average molecular weight is 371 g/mol. The molecule has 0 radical (unpaired) electrons. The van der Waals surface area contributed by atoms with Crippen molar-refractivity contribution in [2.24, 2.45) is 5.92 Å². The molecule has 0 aliphatic carbocycles. The Morgan fingerprint density at radius 1 is 1.32 bits per heavy atom. The molecule has 2 saturated heterocycles. The summed E-state index contributed by atoms with van der Waals surface area (Å²) in [5, 5.41) is 0. The highest BCUT2D eigenvalue weighted by molar-refractivity contribution is 7.86. The van der Waals surface area contributed by atoms with Crippen molar-refractivity contribution in [3.8, 4) is 0 Å². The van der Waals surface area contributed by atoms with Gasteiger partial charge in [-0.1, -0.05) is 0 Å². The Labute approximate surface area is 145 Å². The van der Waals surface area contributed by atoms with E-state index < -0.39 is 16.3 Å². The molecule has 3 rings (SSSR count). The van der Waals surface area contributed by atoms with Crippen LogP contribution in [-0.4, -0.2) is 90.8 Å². The molecule has 138 valence electrons. The van der Waals surface area contributed by atoms with E-state index in [1.54, 1.807) is 4.90 Å². The second kappa shape index (κ2) is 6.83. The number of nitrogens with zero attached hydrogens (tertiary/aromatic N) is 4. The van der Waals surface area contributed by atoms with Gasteiger partial charge < -0.3 is 14.6 Å². The molecular formula is C14H21N5O5S. The number of aromatic amines is 1. The highest BCUT2D eigenvalue weighted by Gasteiger charge is 2.41. The van der Waals surface area contributed by atoms with Crippen LogP contribution >= 0.6 is 0 Å². The van der Waals surface area contributed by atoms with Crippen LogP contribution in [0.3, 0.4) is 0 Å². The van der Waals surface area contributed by atoms with E-state index in [4.69, 9.17) is 4.74 Å². The molecule has 1 aromatic heterocycles. The number of carbonyl (C=O) groups excluding carboxylic acids is 1. The van der Waals surface area contributed by atoms with Crippen molar-refractivity contribution >= 4 is 16.1 Å². The number of ether oxygens (including phenoxy) is 1. The molecule has 0 saturated carbocycles. The summed E-state index contributed by atoms with van der Waals surface area (Å²) in [5.74, 6) is -0.466. The number of hydrogen-bond donors (Lipinski definition) is 1. The maximum absolute atomic E-state index is 12.7. The maximum atomic E-state index is 12.7. The highest BCUT2D eigenvalue weighted by Crippen LogP contribution is 2.24. The third-order valence-electron chi connectivity index (χ3n) is 4.36. The lowest BCUT2D eigenvalue weighted by Gasteiger charge is -2.31. The SMILES string of the molecule is CN(C)S(=O)(=O)N1C[C@H]2COC[C@@H]1CN(C(=O)c1c[nH]c(=O)cn1)C2. The van der Waals surface area contributed by atoms with Crippen LogP contribution in [0, 0.1) is 5.92 Å². The van der Waals surface area contributed by atoms with Gasteiger partial charge in [0.1, 0.15) is 5.69 Å². The van der Waals surface area contributed by atoms with Crippen LogP contribution in [0.1, 0.15) is 10.5 Å². The van der Waals surface area contributed by atoms with Crippen LogP contribution in [0.5, 0.6) is 0 Å². The van der Waals surface area contributed by atoms with Crippen molar-refractivity contribution in [1.29, 1.82) is 0 Å². The smallest absolute Gasteiger partial charge is 0.281 e. The van der Waals surface area contributed by atoms with Gasteiger partial charge in [0.2, 0.25) is 0 Å². The first-order valence-electron chi connectivity index (χ1n) is 7.90. The van der Waals surface area contributed by atoms with E-state index in [-0.39, 0.29) is 36.2 Å². The molecule has 3 heterocycles. The summed E-state index contributed by atoms with van der Waals surface area (Å²) >= 11 is 0. The molecule has 0 spiro atoms. The third kappa shape index (κ3) is 3.59. The Morgan fingerprint density at radius 2 is 2.08 bits per heavy atom. The minimum atomic E-state index is -3.61. The zero-order valence-corrected chi connectivity index (χ0v) is 14.9. The molecule has 2 bridgehead atoms. The molecule has 2 fully saturated rings. The number of H-pyrrole nitrogens is 1. The van der Waals surface area contributed by atoms with E-state index in [2.05, 4.69) is 9.97 Å². The van der Waals surface area contributed by atoms with Gasteiger partial charge in [0.15, 0.2) is 0 Å². The standard InChI is InChI=1S/C14H21N5O5S/c1-17(2)25(22,23)19-6-10-5-18(7-11(19)9-24-8-10)14(21)12-3-16-13(20)4-15-12/h3-4,10-11H,5-9H2,1-2H3,(H,16,20)/t10-,11-/m0/s1. The first kappa shape index (κ1) is 18.0. The van der Waals surface area contributed by atoms with Crippen LogP contribution in [0.15, 0.2) is 17.2 Å². The number of rotatable bonds is 3. The Bertz CT molecular complexity index is 788. The second-order valence-electron chi connectivity index (χ2n) is 6.42. The van der Waals surface area contributed by atoms with Crippen LogP contribution in [-0.2, 0) is 14.9 Å². The van der Waals surface area contributed by atoms with E-state index in [9.17, 15) is 18.0 Å². The Morgan fingerprint density at radius 3 is 2.72 bits per heavy atom. The van der Waals surface area contributed by atoms with Gasteiger partial charge in [-0.3, -0.25) is 9.59 Å². The molecule has 1 amide bonds. The molecule has 1 aromatic rings. The minimum Gasteiger partial charge on any atom is -0.379 e. The summed E-state index contributed by atoms with van der Waals surface area (Å²) in [6.45, 7) is 1.50. The van der Waals surface area contributed by atoms with E-state index in [0.29, 0.717) is 19.7 Å². The number of carbonyl (C=O) groups is 1. The molecule has 1 N–H and O–H groups in total. The first-order chi connectivity index (χ1) is 11.8. The van der Waals surface area contributed by atoms with E-state index in [1.165, 1.54) is 28.9 Å². The van der Waals surface area contributed by atoms with Crippen LogP contribution in [0.25, 0.3) is 0 Å². The molecule has 2 atom stereocenters. The molecule has 10 nitrogen and oxygen atoms in total. The molecule has 25 heavy (non-hydrogen) atoms. The summed E-state index contributed by atoms with van der Waals surface area (Å²) in [6.07, 6.45) is 2.33. The molecule has 2 aliphatic rings. The van der Waals surface area contributed by atoms with Crippen molar-refractivity contribution in [2.45, 2.75) is 6.04 Å². The van der Waals surface area contributed by atoms with Crippen molar-refractivity contribution in [3.05, 3.63) is 28.4 Å². The lowest BCUT2D eigenvalue weighted by Crippen LogP contribution is -2.50. The van der Waals surface area contributed by atoms with Crippen LogP contribution in [0.4, 0.5) is 0 Å². The fourth-order valence-electron chi connectivity index (χ4n) is 3.08. The molecule has 0 aromatic carbocycles. The van der Waals surface area contributed by atoms with E-state index >= 15 is 0 Å². The Kier molecular flexibility index (Phi) is 4.91. The first-order valence-corrected chi connectivity index (χ1v) is 9.30. The van der Waals surface area contributed by atoms with Gasteiger partial charge in [-0.15, -0.1) is 0 Å². The summed E-state index contributed by atoms with van der Waals surface area (Å²) in [5.41, 5.74) is -0.261. The topological polar surface area (TPSA) is 116 Å². The lowest BCUT2D eigenvalue weighted by atomic mass is 10.1. The fourth-order valence-corrected chi connectivity index (χ4v) is 4.41. The highest BCUT2D eigenvalue weighted by atomic mass is 32.2. The van der Waals surface area contributed by atoms with Gasteiger partial charge in [-0.05, 0) is 0 Å². The third-order valence-corrected chi connectivity index (χ3v) is 6.32. The Balaban J connectivity index is 1.87. The number of hydrogen-bond acceptors (Lipinski definition) is 6. The van der Waals surface area contributed by atoms with Gasteiger partial charge in [0.05, 0.1) is 25.5 Å². The van der Waals surface area contributed by atoms with Crippen LogP contribution in [0.2, 0.25) is 0 Å². The van der Waals surface area contributed by atoms with Crippen molar-refractivity contribution in [1.82, 2.24) is 23.5 Å². The number of nitrogens with one attached hydrogen (secondary N) is 1. The second-order valence-corrected chi connectivity index (χ2v) is 8.52. The van der Waals surface area contributed by atoms with Crippen molar-refractivity contribution < 1.29 is 17.9 Å². The summed E-state index contributed by atoms with van der Waals surface area (Å²) in [4.78, 5) is 31.7. The Hall–Kier alpha value is -1.82. The summed E-state index contributed by atoms with van der Waals surface area (Å²) in [7, 11) is -0.643. The molecular weight excluding hydrogens is 350 g/mol. The monoisotopic (exact) mass is 371 g/mol. The molecule has 0 unspecified atom stereocenters. The predicted molar refractivity (Wildman–Crippen MR) is 88.2 cm³/mol. The quantitative estimate of drug-likeness (QED) is 0.681. The van der Waals surface area contributed by atoms with Gasteiger partial charge >= 0.3 is 0 Å². The van der Waals surface area contributed by atoms with Gasteiger partial charge in [-0.25, -0.2) is 4.98 Å². The van der Waals surface area contributed by atoms with Crippen LogP contribution < -0.4 is 5.56 Å². The van der Waals surface area contributed by atoms with Gasteiger partial charge in [0, 0.05) is 45.8 Å². The summed E-state index contributed by atoms with van der Waals surface area (Å²) < 4.78 is 33.4. The minimum absolute atomic E-state index is 0.127. The van der Waals surface area contributed by atoms with Crippen molar-refractivity contribution in [3.63, 3.8) is 0 Å². The maximum Gasteiger partial charge on any atom is 0.281 e. The van der Waals surface area contributed by atoms with Crippen molar-refractivity contribution in [2.75, 3.05) is 46.9 Å². The normalized spacial score (nSPS) is 25.0. The number of fused-ring (bicyclic) bond motifs is 3. The average Bonchev–Trinajstić information content (AvgIpc) is 2.86. The predicted octanol–water partition coefficient (Wildman–Crippen LogP) is -1.65. The molecule has 11 heteroatoms. The number of aromatic nitrogens is 2. The molecule has 2 aliphatic heterocycles. The lowest BCUT2D eigenvalue weighted by molar-refractivity contribution is 0.0454. The van der Waals surface area contributed by atoms with E-state index in [1.807, 2.05) is 0 Å². The number of amides is 1. The largest absolute Gasteiger partial charge is 0.379 e. The van der Waals surface area contributed by atoms with Gasteiger partial charge in [-0.2, -0.15) is 17.0 Å². The zero-order chi connectivity index (χ0) is 18.2. The zero-order valence-electron chi connectivity index (χ0n) is 14.1.